The van der Waals surface area contributed by atoms with Gasteiger partial charge in [-0.05, 0) is 19.8 Å². The first-order valence-corrected chi connectivity index (χ1v) is 9.30. The van der Waals surface area contributed by atoms with Gasteiger partial charge in [0.25, 0.3) is 0 Å². The third kappa shape index (κ3) is 3.66. The summed E-state index contributed by atoms with van der Waals surface area (Å²) in [6.45, 7) is 6.93. The standard InChI is InChI=1S/C16H23N5O2S/c1-13-19-14(8-24-13)6-20-4-5-22-10-16(9-20)3-2-15(23-16)7-21-12-17-11-18-21/h8,11-12,15H,2-7,9-10H2,1H3/t15-,16-/m0/s1. The molecule has 2 aliphatic rings. The van der Waals surface area contributed by atoms with Gasteiger partial charge < -0.3 is 9.47 Å². The van der Waals surface area contributed by atoms with Gasteiger partial charge in [-0.3, -0.25) is 9.58 Å². The topological polar surface area (TPSA) is 65.3 Å². The fraction of sp³-hybridized carbons (Fsp3) is 0.688. The highest BCUT2D eigenvalue weighted by atomic mass is 32.1. The van der Waals surface area contributed by atoms with Crippen LogP contribution in [0.5, 0.6) is 0 Å². The molecule has 24 heavy (non-hydrogen) atoms. The number of rotatable bonds is 4. The molecule has 0 amide bonds. The molecule has 4 rings (SSSR count). The zero-order valence-electron chi connectivity index (χ0n) is 13.9. The van der Waals surface area contributed by atoms with Crippen LogP contribution in [0.4, 0.5) is 0 Å². The molecule has 4 heterocycles. The third-order valence-electron chi connectivity index (χ3n) is 4.68. The molecular formula is C16H23N5O2S. The number of aromatic nitrogens is 4. The summed E-state index contributed by atoms with van der Waals surface area (Å²) >= 11 is 1.71. The second-order valence-electron chi connectivity index (χ2n) is 6.70. The van der Waals surface area contributed by atoms with Crippen molar-refractivity contribution in [3.05, 3.63) is 28.7 Å². The SMILES string of the molecule is Cc1nc(CN2CCOC[C@]3(CC[C@@H](Cn4cncn4)O3)C2)cs1. The fourth-order valence-electron chi connectivity index (χ4n) is 3.61. The van der Waals surface area contributed by atoms with E-state index in [0.717, 1.165) is 56.3 Å². The van der Waals surface area contributed by atoms with E-state index >= 15 is 0 Å². The van der Waals surface area contributed by atoms with Crippen LogP contribution >= 0.6 is 11.3 Å². The lowest BCUT2D eigenvalue weighted by molar-refractivity contribution is -0.0905. The molecule has 0 bridgehead atoms. The molecule has 2 saturated heterocycles. The van der Waals surface area contributed by atoms with Gasteiger partial charge in [0.05, 0.1) is 36.6 Å². The number of nitrogens with zero attached hydrogens (tertiary/aromatic N) is 5. The van der Waals surface area contributed by atoms with Gasteiger partial charge in [-0.25, -0.2) is 9.97 Å². The Kier molecular flexibility index (Phi) is 4.62. The Bertz CT molecular complexity index is 661. The molecule has 0 aromatic carbocycles. The molecule has 0 saturated carbocycles. The lowest BCUT2D eigenvalue weighted by Crippen LogP contribution is -2.44. The average molecular weight is 349 g/mol. The number of hydrogen-bond donors (Lipinski definition) is 0. The van der Waals surface area contributed by atoms with Crippen molar-refractivity contribution < 1.29 is 9.47 Å². The van der Waals surface area contributed by atoms with Crippen LogP contribution in [0.1, 0.15) is 23.5 Å². The Morgan fingerprint density at radius 2 is 2.42 bits per heavy atom. The molecule has 2 aromatic rings. The summed E-state index contributed by atoms with van der Waals surface area (Å²) in [4.78, 5) is 11.0. The number of ether oxygens (including phenoxy) is 2. The van der Waals surface area contributed by atoms with Crippen molar-refractivity contribution in [3.63, 3.8) is 0 Å². The van der Waals surface area contributed by atoms with Gasteiger partial charge >= 0.3 is 0 Å². The van der Waals surface area contributed by atoms with Crippen LogP contribution in [0, 0.1) is 6.92 Å². The van der Waals surface area contributed by atoms with E-state index in [1.165, 1.54) is 0 Å². The highest BCUT2D eigenvalue weighted by Crippen LogP contribution is 2.34. The summed E-state index contributed by atoms with van der Waals surface area (Å²) in [7, 11) is 0. The van der Waals surface area contributed by atoms with Gasteiger partial charge in [-0.2, -0.15) is 5.10 Å². The van der Waals surface area contributed by atoms with Crippen LogP contribution < -0.4 is 0 Å². The predicted molar refractivity (Wildman–Crippen MR) is 89.8 cm³/mol. The second-order valence-corrected chi connectivity index (χ2v) is 7.76. The van der Waals surface area contributed by atoms with Crippen LogP contribution in [0.15, 0.2) is 18.0 Å². The summed E-state index contributed by atoms with van der Waals surface area (Å²) in [6, 6.07) is 0. The Balaban J connectivity index is 1.40. The average Bonchev–Trinajstić information content (AvgIpc) is 3.25. The maximum absolute atomic E-state index is 6.44. The highest BCUT2D eigenvalue weighted by Gasteiger charge is 2.43. The first-order chi connectivity index (χ1) is 11.7. The molecular weight excluding hydrogens is 326 g/mol. The van der Waals surface area contributed by atoms with Crippen molar-refractivity contribution in [3.8, 4) is 0 Å². The minimum Gasteiger partial charge on any atom is -0.377 e. The second kappa shape index (κ2) is 6.87. The lowest BCUT2D eigenvalue weighted by atomic mass is 10.00. The molecule has 0 N–H and O–H groups in total. The van der Waals surface area contributed by atoms with Crippen LogP contribution in [0.25, 0.3) is 0 Å². The Labute approximate surface area is 145 Å². The maximum Gasteiger partial charge on any atom is 0.137 e. The lowest BCUT2D eigenvalue weighted by Gasteiger charge is -2.31. The van der Waals surface area contributed by atoms with E-state index in [1.807, 2.05) is 4.68 Å². The zero-order valence-corrected chi connectivity index (χ0v) is 14.7. The van der Waals surface area contributed by atoms with Crippen LogP contribution in [0.2, 0.25) is 0 Å². The smallest absolute Gasteiger partial charge is 0.137 e. The summed E-state index contributed by atoms with van der Waals surface area (Å²) in [5, 5.41) is 7.45. The number of aryl methyl sites for hydroxylation is 1. The molecule has 2 fully saturated rings. The predicted octanol–water partition coefficient (Wildman–Crippen LogP) is 1.49. The molecule has 8 heteroatoms. The Morgan fingerprint density at radius 1 is 1.46 bits per heavy atom. The van der Waals surface area contributed by atoms with Crippen molar-refractivity contribution in [1.29, 1.82) is 0 Å². The van der Waals surface area contributed by atoms with E-state index in [0.29, 0.717) is 6.61 Å². The van der Waals surface area contributed by atoms with E-state index in [2.05, 4.69) is 32.3 Å². The van der Waals surface area contributed by atoms with Gasteiger partial charge in [0.2, 0.25) is 0 Å². The number of hydrogen-bond acceptors (Lipinski definition) is 7. The molecule has 130 valence electrons. The summed E-state index contributed by atoms with van der Waals surface area (Å²) < 4.78 is 14.2. The van der Waals surface area contributed by atoms with E-state index in [4.69, 9.17) is 9.47 Å². The molecule has 2 atom stereocenters. The van der Waals surface area contributed by atoms with Gasteiger partial charge in [0.1, 0.15) is 18.3 Å². The number of thiazole rings is 1. The largest absolute Gasteiger partial charge is 0.377 e. The van der Waals surface area contributed by atoms with E-state index in [1.54, 1.807) is 24.0 Å². The van der Waals surface area contributed by atoms with Gasteiger partial charge in [-0.15, -0.1) is 11.3 Å². The molecule has 0 aliphatic carbocycles. The minimum atomic E-state index is -0.202. The monoisotopic (exact) mass is 349 g/mol. The molecule has 1 spiro atoms. The molecule has 7 nitrogen and oxygen atoms in total. The quantitative estimate of drug-likeness (QED) is 0.833. The van der Waals surface area contributed by atoms with Crippen molar-refractivity contribution in [2.45, 2.75) is 44.6 Å². The van der Waals surface area contributed by atoms with E-state index < -0.39 is 0 Å². The van der Waals surface area contributed by atoms with Gasteiger partial charge in [-0.1, -0.05) is 0 Å². The molecule has 0 radical (unpaired) electrons. The Hall–Kier alpha value is -1.35. The fourth-order valence-corrected chi connectivity index (χ4v) is 4.21. The van der Waals surface area contributed by atoms with Crippen molar-refractivity contribution in [1.82, 2.24) is 24.6 Å². The summed E-state index contributed by atoms with van der Waals surface area (Å²) in [5.41, 5.74) is 0.944. The minimum absolute atomic E-state index is 0.178. The summed E-state index contributed by atoms with van der Waals surface area (Å²) in [5.74, 6) is 0. The highest BCUT2D eigenvalue weighted by molar-refractivity contribution is 7.09. The Morgan fingerprint density at radius 3 is 3.21 bits per heavy atom. The van der Waals surface area contributed by atoms with Crippen LogP contribution in [-0.4, -0.2) is 62.7 Å². The first kappa shape index (κ1) is 16.1. The molecule has 0 unspecified atom stereocenters. The van der Waals surface area contributed by atoms with Gasteiger partial charge in [0, 0.05) is 25.0 Å². The zero-order chi connectivity index (χ0) is 16.4. The third-order valence-corrected chi connectivity index (χ3v) is 5.50. The summed E-state index contributed by atoms with van der Waals surface area (Å²) in [6.07, 6.45) is 5.55. The van der Waals surface area contributed by atoms with Crippen LogP contribution in [0.3, 0.4) is 0 Å². The molecule has 2 aromatic heterocycles. The van der Waals surface area contributed by atoms with E-state index in [9.17, 15) is 0 Å². The van der Waals surface area contributed by atoms with Crippen molar-refractivity contribution >= 4 is 11.3 Å². The van der Waals surface area contributed by atoms with Gasteiger partial charge in [0.15, 0.2) is 0 Å². The normalized spacial score (nSPS) is 28.5. The van der Waals surface area contributed by atoms with E-state index in [-0.39, 0.29) is 11.7 Å². The molecule has 2 aliphatic heterocycles. The maximum atomic E-state index is 6.44. The van der Waals surface area contributed by atoms with Crippen molar-refractivity contribution in [2.24, 2.45) is 0 Å². The first-order valence-electron chi connectivity index (χ1n) is 8.42. The van der Waals surface area contributed by atoms with Crippen LogP contribution in [-0.2, 0) is 22.6 Å². The van der Waals surface area contributed by atoms with Crippen molar-refractivity contribution in [2.75, 3.05) is 26.3 Å².